The number of rotatable bonds is 4. The molecule has 1 N–H and O–H groups in total. The lowest BCUT2D eigenvalue weighted by Crippen LogP contribution is -2.13. The van der Waals surface area contributed by atoms with Crippen LogP contribution in [0.4, 0.5) is 5.82 Å². The molecule has 5 heteroatoms. The van der Waals surface area contributed by atoms with Crippen LogP contribution in [0.3, 0.4) is 0 Å². The van der Waals surface area contributed by atoms with Gasteiger partial charge < -0.3 is 10.1 Å². The van der Waals surface area contributed by atoms with Crippen molar-refractivity contribution in [3.8, 4) is 0 Å². The molecule has 4 nitrogen and oxygen atoms in total. The third-order valence-electron chi connectivity index (χ3n) is 2.73. The second-order valence-electron chi connectivity index (χ2n) is 4.02. The van der Waals surface area contributed by atoms with Crippen LogP contribution in [-0.4, -0.2) is 29.2 Å². The van der Waals surface area contributed by atoms with E-state index >= 15 is 0 Å². The molecule has 0 bridgehead atoms. The van der Waals surface area contributed by atoms with Crippen LogP contribution in [0.25, 0.3) is 0 Å². The number of aryl methyl sites for hydroxylation is 1. The van der Waals surface area contributed by atoms with Gasteiger partial charge in [0.05, 0.1) is 6.10 Å². The van der Waals surface area contributed by atoms with Crippen molar-refractivity contribution in [3.63, 3.8) is 0 Å². The Labute approximate surface area is 100 Å². The minimum Gasteiger partial charge on any atom is -0.378 e. The van der Waals surface area contributed by atoms with Gasteiger partial charge in [0.1, 0.15) is 5.82 Å². The molecule has 1 aromatic heterocycles. The molecule has 1 unspecified atom stereocenters. The highest BCUT2D eigenvalue weighted by Crippen LogP contribution is 2.16. The zero-order chi connectivity index (χ0) is 11.4. The maximum absolute atomic E-state index is 5.74. The predicted octanol–water partition coefficient (Wildman–Crippen LogP) is 2.42. The van der Waals surface area contributed by atoms with Crippen LogP contribution in [0.2, 0.25) is 5.28 Å². The van der Waals surface area contributed by atoms with Gasteiger partial charge in [0.15, 0.2) is 0 Å². The standard InChI is InChI=1S/C11H16ClN3O/c1-8-7-14-11(12)15-10(8)13-5-4-9-3-2-6-16-9/h7,9H,2-6H2,1H3,(H,13,14,15). The summed E-state index contributed by atoms with van der Waals surface area (Å²) in [4.78, 5) is 8.05. The lowest BCUT2D eigenvalue weighted by Gasteiger charge is -2.11. The van der Waals surface area contributed by atoms with E-state index in [2.05, 4.69) is 15.3 Å². The lowest BCUT2D eigenvalue weighted by atomic mass is 10.2. The highest BCUT2D eigenvalue weighted by molar-refractivity contribution is 6.28. The van der Waals surface area contributed by atoms with Gasteiger partial charge in [-0.05, 0) is 37.8 Å². The van der Waals surface area contributed by atoms with Crippen LogP contribution in [0, 0.1) is 6.92 Å². The van der Waals surface area contributed by atoms with Crippen molar-refractivity contribution in [2.24, 2.45) is 0 Å². The quantitative estimate of drug-likeness (QED) is 0.823. The fraction of sp³-hybridized carbons (Fsp3) is 0.636. The Hall–Kier alpha value is -0.870. The molecule has 0 spiro atoms. The van der Waals surface area contributed by atoms with Crippen LogP contribution in [-0.2, 0) is 4.74 Å². The Morgan fingerprint density at radius 3 is 3.25 bits per heavy atom. The molecule has 0 radical (unpaired) electrons. The van der Waals surface area contributed by atoms with Gasteiger partial charge >= 0.3 is 0 Å². The minimum absolute atomic E-state index is 0.283. The van der Waals surface area contributed by atoms with E-state index in [4.69, 9.17) is 16.3 Å². The molecule has 1 fully saturated rings. The van der Waals surface area contributed by atoms with Crippen LogP contribution in [0.1, 0.15) is 24.8 Å². The van der Waals surface area contributed by atoms with E-state index in [0.29, 0.717) is 6.10 Å². The molecule has 0 saturated carbocycles. The molecule has 0 aromatic carbocycles. The molecule has 16 heavy (non-hydrogen) atoms. The van der Waals surface area contributed by atoms with E-state index < -0.39 is 0 Å². The summed E-state index contributed by atoms with van der Waals surface area (Å²) in [5, 5.41) is 3.55. The topological polar surface area (TPSA) is 47.0 Å². The molecule has 0 aliphatic carbocycles. The molecular formula is C11H16ClN3O. The van der Waals surface area contributed by atoms with Crippen LogP contribution in [0.5, 0.6) is 0 Å². The lowest BCUT2D eigenvalue weighted by molar-refractivity contribution is 0.107. The van der Waals surface area contributed by atoms with E-state index in [1.807, 2.05) is 6.92 Å². The maximum atomic E-state index is 5.74. The first-order valence-corrected chi connectivity index (χ1v) is 5.98. The summed E-state index contributed by atoms with van der Waals surface area (Å²) in [7, 11) is 0. The van der Waals surface area contributed by atoms with Crippen molar-refractivity contribution in [3.05, 3.63) is 17.0 Å². The largest absolute Gasteiger partial charge is 0.378 e. The van der Waals surface area contributed by atoms with E-state index in [-0.39, 0.29) is 5.28 Å². The zero-order valence-corrected chi connectivity index (χ0v) is 10.1. The van der Waals surface area contributed by atoms with Gasteiger partial charge in [-0.3, -0.25) is 0 Å². The number of nitrogens with one attached hydrogen (secondary N) is 1. The normalized spacial score (nSPS) is 20.0. The van der Waals surface area contributed by atoms with Gasteiger partial charge in [0.2, 0.25) is 5.28 Å². The Morgan fingerprint density at radius 2 is 2.50 bits per heavy atom. The molecule has 0 amide bonds. The molecular weight excluding hydrogens is 226 g/mol. The monoisotopic (exact) mass is 241 g/mol. The summed E-state index contributed by atoms with van der Waals surface area (Å²) in [6.45, 7) is 3.73. The van der Waals surface area contributed by atoms with Crippen molar-refractivity contribution < 1.29 is 4.74 Å². The molecule has 1 aliphatic heterocycles. The molecule has 1 atom stereocenters. The number of halogens is 1. The fourth-order valence-electron chi connectivity index (χ4n) is 1.82. The first-order chi connectivity index (χ1) is 7.75. The molecule has 2 rings (SSSR count). The van der Waals surface area contributed by atoms with Gasteiger partial charge in [-0.15, -0.1) is 0 Å². The summed E-state index contributed by atoms with van der Waals surface area (Å²) in [6.07, 6.45) is 5.50. The van der Waals surface area contributed by atoms with Crippen molar-refractivity contribution >= 4 is 17.4 Å². The minimum atomic E-state index is 0.283. The van der Waals surface area contributed by atoms with E-state index in [1.54, 1.807) is 6.20 Å². The van der Waals surface area contributed by atoms with Gasteiger partial charge in [0.25, 0.3) is 0 Å². The number of ether oxygens (including phenoxy) is 1. The Balaban J connectivity index is 1.82. The molecule has 1 aromatic rings. The van der Waals surface area contributed by atoms with Crippen molar-refractivity contribution in [2.45, 2.75) is 32.3 Å². The third kappa shape index (κ3) is 3.06. The summed E-state index contributed by atoms with van der Waals surface area (Å²) in [5.41, 5.74) is 1.01. The fourth-order valence-corrected chi connectivity index (χ4v) is 1.96. The zero-order valence-electron chi connectivity index (χ0n) is 9.37. The highest BCUT2D eigenvalue weighted by atomic mass is 35.5. The van der Waals surface area contributed by atoms with Crippen LogP contribution in [0.15, 0.2) is 6.20 Å². The van der Waals surface area contributed by atoms with Gasteiger partial charge in [0, 0.05) is 24.9 Å². The molecule has 88 valence electrons. The second-order valence-corrected chi connectivity index (χ2v) is 4.36. The number of hydrogen-bond acceptors (Lipinski definition) is 4. The summed E-state index contributed by atoms with van der Waals surface area (Å²) >= 11 is 5.74. The van der Waals surface area contributed by atoms with Crippen molar-refractivity contribution in [1.82, 2.24) is 9.97 Å². The third-order valence-corrected chi connectivity index (χ3v) is 2.91. The Kier molecular flexibility index (Phi) is 3.96. The summed E-state index contributed by atoms with van der Waals surface area (Å²) < 4.78 is 5.55. The molecule has 2 heterocycles. The van der Waals surface area contributed by atoms with E-state index in [0.717, 1.165) is 31.0 Å². The molecule has 1 aliphatic rings. The SMILES string of the molecule is Cc1cnc(Cl)nc1NCCC1CCCO1. The smallest absolute Gasteiger partial charge is 0.224 e. The van der Waals surface area contributed by atoms with Gasteiger partial charge in [-0.1, -0.05) is 0 Å². The van der Waals surface area contributed by atoms with Crippen LogP contribution >= 0.6 is 11.6 Å². The first kappa shape index (κ1) is 11.6. The number of aromatic nitrogens is 2. The maximum Gasteiger partial charge on any atom is 0.224 e. The van der Waals surface area contributed by atoms with Gasteiger partial charge in [-0.2, -0.15) is 0 Å². The second kappa shape index (κ2) is 5.46. The summed E-state index contributed by atoms with van der Waals surface area (Å²) in [6, 6.07) is 0. The van der Waals surface area contributed by atoms with Crippen molar-refractivity contribution in [2.75, 3.05) is 18.5 Å². The summed E-state index contributed by atoms with van der Waals surface area (Å²) in [5.74, 6) is 0.818. The van der Waals surface area contributed by atoms with Gasteiger partial charge in [-0.25, -0.2) is 9.97 Å². The Morgan fingerprint density at radius 1 is 1.62 bits per heavy atom. The predicted molar refractivity (Wildman–Crippen MR) is 63.9 cm³/mol. The highest BCUT2D eigenvalue weighted by Gasteiger charge is 2.14. The average molecular weight is 242 g/mol. The average Bonchev–Trinajstić information content (AvgIpc) is 2.76. The van der Waals surface area contributed by atoms with E-state index in [1.165, 1.54) is 12.8 Å². The number of anilines is 1. The van der Waals surface area contributed by atoms with Crippen molar-refractivity contribution in [1.29, 1.82) is 0 Å². The Bertz CT molecular complexity index is 353. The first-order valence-electron chi connectivity index (χ1n) is 5.60. The molecule has 1 saturated heterocycles. The number of hydrogen-bond donors (Lipinski definition) is 1. The van der Waals surface area contributed by atoms with E-state index in [9.17, 15) is 0 Å². The van der Waals surface area contributed by atoms with Crippen LogP contribution < -0.4 is 5.32 Å². The number of nitrogens with zero attached hydrogens (tertiary/aromatic N) is 2.